The lowest BCUT2D eigenvalue weighted by Crippen LogP contribution is -2.48. The van der Waals surface area contributed by atoms with Crippen LogP contribution in [0.25, 0.3) is 10.9 Å². The van der Waals surface area contributed by atoms with Crippen LogP contribution >= 0.6 is 11.6 Å². The Morgan fingerprint density at radius 2 is 1.81 bits per heavy atom. The molecule has 0 atom stereocenters. The van der Waals surface area contributed by atoms with Crippen LogP contribution in [-0.4, -0.2) is 49.1 Å². The number of amides is 1. The van der Waals surface area contributed by atoms with Crippen LogP contribution in [0.1, 0.15) is 10.4 Å². The molecule has 2 aromatic carbocycles. The SMILES string of the molecule is COc1ccc(N2CCN(C(=O)c3c[nH]c4cc(Cl)ccc34)CC2)cc1. The molecule has 5 nitrogen and oxygen atoms in total. The summed E-state index contributed by atoms with van der Waals surface area (Å²) in [6, 6.07) is 13.6. The van der Waals surface area contributed by atoms with Gasteiger partial charge in [-0.1, -0.05) is 17.7 Å². The van der Waals surface area contributed by atoms with E-state index in [-0.39, 0.29) is 5.91 Å². The Bertz CT molecular complexity index is 928. The number of halogens is 1. The molecule has 1 aliphatic heterocycles. The summed E-state index contributed by atoms with van der Waals surface area (Å²) in [7, 11) is 1.66. The van der Waals surface area contributed by atoms with Gasteiger partial charge in [-0.05, 0) is 36.4 Å². The Balaban J connectivity index is 1.45. The highest BCUT2D eigenvalue weighted by Crippen LogP contribution is 2.25. The number of aromatic amines is 1. The van der Waals surface area contributed by atoms with Gasteiger partial charge in [-0.3, -0.25) is 4.79 Å². The monoisotopic (exact) mass is 369 g/mol. The molecular weight excluding hydrogens is 350 g/mol. The van der Waals surface area contributed by atoms with Crippen LogP contribution < -0.4 is 9.64 Å². The van der Waals surface area contributed by atoms with Crippen molar-refractivity contribution < 1.29 is 9.53 Å². The first-order chi connectivity index (χ1) is 12.7. The maximum absolute atomic E-state index is 12.9. The van der Waals surface area contributed by atoms with E-state index in [4.69, 9.17) is 16.3 Å². The fourth-order valence-corrected chi connectivity index (χ4v) is 3.58. The third kappa shape index (κ3) is 3.10. The number of nitrogens with zero attached hydrogens (tertiary/aromatic N) is 2. The van der Waals surface area contributed by atoms with E-state index in [1.807, 2.05) is 35.2 Å². The predicted molar refractivity (Wildman–Crippen MR) is 104 cm³/mol. The number of aromatic nitrogens is 1. The lowest BCUT2D eigenvalue weighted by atomic mass is 10.1. The average Bonchev–Trinajstić information content (AvgIpc) is 3.10. The molecule has 0 bridgehead atoms. The molecule has 26 heavy (non-hydrogen) atoms. The number of nitrogens with one attached hydrogen (secondary N) is 1. The van der Waals surface area contributed by atoms with Crippen molar-refractivity contribution in [2.24, 2.45) is 0 Å². The summed E-state index contributed by atoms with van der Waals surface area (Å²) in [6.45, 7) is 3.02. The number of piperazine rings is 1. The van der Waals surface area contributed by atoms with Crippen LogP contribution in [0.2, 0.25) is 5.02 Å². The third-order valence-electron chi connectivity index (χ3n) is 4.88. The van der Waals surface area contributed by atoms with E-state index in [9.17, 15) is 4.79 Å². The van der Waals surface area contributed by atoms with Crippen molar-refractivity contribution in [1.82, 2.24) is 9.88 Å². The molecule has 3 aromatic rings. The Hall–Kier alpha value is -2.66. The minimum atomic E-state index is 0.0629. The highest BCUT2D eigenvalue weighted by atomic mass is 35.5. The van der Waals surface area contributed by atoms with E-state index in [0.29, 0.717) is 23.7 Å². The Kier molecular flexibility index (Phi) is 4.47. The standard InChI is InChI=1S/C20H20ClN3O2/c1-26-16-5-3-15(4-6-16)23-8-10-24(11-9-23)20(25)18-13-22-19-12-14(21)2-7-17(18)19/h2-7,12-13,22H,8-11H2,1H3. The number of rotatable bonds is 3. The van der Waals surface area contributed by atoms with Crippen LogP contribution in [0.15, 0.2) is 48.7 Å². The van der Waals surface area contributed by atoms with Gasteiger partial charge in [-0.15, -0.1) is 0 Å². The zero-order valence-electron chi connectivity index (χ0n) is 14.5. The van der Waals surface area contributed by atoms with Gasteiger partial charge < -0.3 is 19.5 Å². The normalized spacial score (nSPS) is 14.7. The summed E-state index contributed by atoms with van der Waals surface area (Å²) >= 11 is 6.02. The van der Waals surface area contributed by atoms with Gasteiger partial charge in [0.2, 0.25) is 0 Å². The number of methoxy groups -OCH3 is 1. The fourth-order valence-electron chi connectivity index (χ4n) is 3.41. The number of hydrogen-bond acceptors (Lipinski definition) is 3. The second kappa shape index (κ2) is 6.92. The van der Waals surface area contributed by atoms with Crippen molar-refractivity contribution in [2.45, 2.75) is 0 Å². The van der Waals surface area contributed by atoms with Gasteiger partial charge in [0.25, 0.3) is 5.91 Å². The van der Waals surface area contributed by atoms with Crippen LogP contribution in [0.4, 0.5) is 5.69 Å². The Morgan fingerprint density at radius 3 is 2.50 bits per heavy atom. The Labute approximate surface area is 157 Å². The summed E-state index contributed by atoms with van der Waals surface area (Å²) in [6.07, 6.45) is 1.78. The molecule has 0 unspecified atom stereocenters. The zero-order valence-corrected chi connectivity index (χ0v) is 15.3. The van der Waals surface area contributed by atoms with Gasteiger partial charge in [0.05, 0.1) is 12.7 Å². The molecule has 0 saturated carbocycles. The topological polar surface area (TPSA) is 48.6 Å². The highest BCUT2D eigenvalue weighted by molar-refractivity contribution is 6.31. The molecular formula is C20H20ClN3O2. The molecule has 134 valence electrons. The van der Waals surface area contributed by atoms with Crippen molar-refractivity contribution in [3.05, 3.63) is 59.2 Å². The summed E-state index contributed by atoms with van der Waals surface area (Å²) in [5.74, 6) is 0.912. The van der Waals surface area contributed by atoms with E-state index in [0.717, 1.165) is 35.4 Å². The van der Waals surface area contributed by atoms with Gasteiger partial charge in [0.15, 0.2) is 0 Å². The van der Waals surface area contributed by atoms with E-state index < -0.39 is 0 Å². The molecule has 4 rings (SSSR count). The fraction of sp³-hybridized carbons (Fsp3) is 0.250. The first kappa shape index (κ1) is 16.8. The number of benzene rings is 2. The Morgan fingerprint density at radius 1 is 1.08 bits per heavy atom. The largest absolute Gasteiger partial charge is 0.497 e. The van der Waals surface area contributed by atoms with Crippen LogP contribution in [0.3, 0.4) is 0 Å². The maximum atomic E-state index is 12.9. The smallest absolute Gasteiger partial charge is 0.256 e. The number of carbonyl (C=O) groups excluding carboxylic acids is 1. The molecule has 0 spiro atoms. The van der Waals surface area contributed by atoms with Crippen molar-refractivity contribution in [3.63, 3.8) is 0 Å². The number of H-pyrrole nitrogens is 1. The van der Waals surface area contributed by atoms with Crippen molar-refractivity contribution >= 4 is 34.1 Å². The lowest BCUT2D eigenvalue weighted by Gasteiger charge is -2.36. The minimum Gasteiger partial charge on any atom is -0.497 e. The van der Waals surface area contributed by atoms with Crippen LogP contribution in [-0.2, 0) is 0 Å². The molecule has 2 heterocycles. The van der Waals surface area contributed by atoms with Gasteiger partial charge >= 0.3 is 0 Å². The molecule has 1 fully saturated rings. The first-order valence-corrected chi connectivity index (χ1v) is 8.98. The predicted octanol–water partition coefficient (Wildman–Crippen LogP) is 3.79. The zero-order chi connectivity index (χ0) is 18.1. The number of anilines is 1. The third-order valence-corrected chi connectivity index (χ3v) is 5.11. The lowest BCUT2D eigenvalue weighted by molar-refractivity contribution is 0.0749. The van der Waals surface area contributed by atoms with Gasteiger partial charge in [0.1, 0.15) is 5.75 Å². The second-order valence-electron chi connectivity index (χ2n) is 6.37. The van der Waals surface area contributed by atoms with Gasteiger partial charge in [-0.2, -0.15) is 0 Å². The molecule has 1 N–H and O–H groups in total. The summed E-state index contributed by atoms with van der Waals surface area (Å²) < 4.78 is 5.21. The van der Waals surface area contributed by atoms with Crippen molar-refractivity contribution in [1.29, 1.82) is 0 Å². The van der Waals surface area contributed by atoms with E-state index in [1.54, 1.807) is 13.3 Å². The number of carbonyl (C=O) groups is 1. The first-order valence-electron chi connectivity index (χ1n) is 8.60. The average molecular weight is 370 g/mol. The summed E-state index contributed by atoms with van der Waals surface area (Å²) in [5.41, 5.74) is 2.74. The number of ether oxygens (including phenoxy) is 1. The summed E-state index contributed by atoms with van der Waals surface area (Å²) in [5, 5.41) is 1.57. The number of hydrogen-bond donors (Lipinski definition) is 1. The van der Waals surface area contributed by atoms with E-state index in [1.165, 1.54) is 0 Å². The van der Waals surface area contributed by atoms with Gasteiger partial charge in [0, 0.05) is 54.0 Å². The van der Waals surface area contributed by atoms with E-state index in [2.05, 4.69) is 22.0 Å². The highest BCUT2D eigenvalue weighted by Gasteiger charge is 2.24. The van der Waals surface area contributed by atoms with Crippen molar-refractivity contribution in [2.75, 3.05) is 38.2 Å². The molecule has 6 heteroatoms. The maximum Gasteiger partial charge on any atom is 0.256 e. The molecule has 1 aromatic heterocycles. The van der Waals surface area contributed by atoms with Crippen LogP contribution in [0.5, 0.6) is 5.75 Å². The second-order valence-corrected chi connectivity index (χ2v) is 6.81. The van der Waals surface area contributed by atoms with Crippen molar-refractivity contribution in [3.8, 4) is 5.75 Å². The number of fused-ring (bicyclic) bond motifs is 1. The minimum absolute atomic E-state index is 0.0629. The van der Waals surface area contributed by atoms with Gasteiger partial charge in [-0.25, -0.2) is 0 Å². The summed E-state index contributed by atoms with van der Waals surface area (Å²) in [4.78, 5) is 20.3. The molecule has 1 saturated heterocycles. The quantitative estimate of drug-likeness (QED) is 0.764. The molecule has 0 aliphatic carbocycles. The molecule has 1 aliphatic rings. The van der Waals surface area contributed by atoms with Crippen LogP contribution in [0, 0.1) is 0 Å². The molecule has 1 amide bonds. The van der Waals surface area contributed by atoms with E-state index >= 15 is 0 Å². The molecule has 0 radical (unpaired) electrons.